The lowest BCUT2D eigenvalue weighted by Crippen LogP contribution is -2.41. The van der Waals surface area contributed by atoms with Crippen molar-refractivity contribution in [3.05, 3.63) is 23.3 Å². The fourth-order valence-electron chi connectivity index (χ4n) is 3.34. The molecule has 0 spiro atoms. The second-order valence-corrected chi connectivity index (χ2v) is 8.05. The van der Waals surface area contributed by atoms with Gasteiger partial charge in [0.05, 0.1) is 24.9 Å². The molecule has 3 N–H and O–H groups in total. The Kier molecular flexibility index (Phi) is 9.06. The third kappa shape index (κ3) is 6.55. The highest BCUT2D eigenvalue weighted by Gasteiger charge is 2.37. The van der Waals surface area contributed by atoms with Crippen molar-refractivity contribution < 1.29 is 20.1 Å². The summed E-state index contributed by atoms with van der Waals surface area (Å²) >= 11 is 0. The molecule has 0 aliphatic carbocycles. The van der Waals surface area contributed by atoms with Gasteiger partial charge in [-0.05, 0) is 57.9 Å². The van der Waals surface area contributed by atoms with E-state index in [4.69, 9.17) is 16.3 Å². The Morgan fingerprint density at radius 3 is 2.77 bits per heavy atom. The molecule has 148 valence electrons. The molecule has 1 aliphatic rings. The van der Waals surface area contributed by atoms with Gasteiger partial charge in [-0.15, -0.1) is 6.42 Å². The zero-order valence-electron chi connectivity index (χ0n) is 16.8. The molecule has 1 rings (SSSR count). The molecular weight excluding hydrogens is 328 g/mol. The molecule has 4 atom stereocenters. The largest absolute Gasteiger partial charge is 0.392 e. The Balaban J connectivity index is 2.63. The zero-order chi connectivity index (χ0) is 19.8. The molecule has 1 saturated heterocycles. The third-order valence-electron chi connectivity index (χ3n) is 5.61. The van der Waals surface area contributed by atoms with Crippen molar-refractivity contribution in [2.45, 2.75) is 83.5 Å². The van der Waals surface area contributed by atoms with Gasteiger partial charge in [0.2, 0.25) is 0 Å². The summed E-state index contributed by atoms with van der Waals surface area (Å²) in [4.78, 5) is 0. The topological polar surface area (TPSA) is 69.9 Å². The fraction of sp³-hybridized carbons (Fsp3) is 0.727. The van der Waals surface area contributed by atoms with Crippen molar-refractivity contribution in [1.82, 2.24) is 0 Å². The number of aliphatic hydroxyl groups is 3. The smallest absolute Gasteiger partial charge is 0.131 e. The number of hydrogen-bond donors (Lipinski definition) is 3. The average molecular weight is 365 g/mol. The maximum atomic E-state index is 10.7. The van der Waals surface area contributed by atoms with Crippen LogP contribution in [0.4, 0.5) is 0 Å². The lowest BCUT2D eigenvalue weighted by molar-refractivity contribution is -0.105. The lowest BCUT2D eigenvalue weighted by Gasteiger charge is -2.34. The molecule has 26 heavy (non-hydrogen) atoms. The summed E-state index contributed by atoms with van der Waals surface area (Å²) in [5, 5.41) is 30.3. The van der Waals surface area contributed by atoms with E-state index < -0.39 is 17.3 Å². The molecule has 1 heterocycles. The Hall–Kier alpha value is -1.12. The van der Waals surface area contributed by atoms with E-state index in [0.29, 0.717) is 25.9 Å². The maximum Gasteiger partial charge on any atom is 0.131 e. The van der Waals surface area contributed by atoms with Crippen LogP contribution in [-0.2, 0) is 4.74 Å². The normalized spacial score (nSPS) is 28.7. The molecule has 0 saturated carbocycles. The molecule has 1 fully saturated rings. The Morgan fingerprint density at radius 2 is 2.19 bits per heavy atom. The fourth-order valence-corrected chi connectivity index (χ4v) is 3.34. The van der Waals surface area contributed by atoms with E-state index in [1.807, 2.05) is 33.8 Å². The quantitative estimate of drug-likeness (QED) is 0.456. The van der Waals surface area contributed by atoms with Gasteiger partial charge in [-0.2, -0.15) is 0 Å². The molecule has 0 aromatic carbocycles. The van der Waals surface area contributed by atoms with Gasteiger partial charge in [0.15, 0.2) is 0 Å². The van der Waals surface area contributed by atoms with Crippen LogP contribution >= 0.6 is 0 Å². The van der Waals surface area contributed by atoms with Gasteiger partial charge in [-0.25, -0.2) is 0 Å². The van der Waals surface area contributed by atoms with Crippen molar-refractivity contribution in [2.75, 3.05) is 13.2 Å². The van der Waals surface area contributed by atoms with Crippen LogP contribution in [0, 0.1) is 18.3 Å². The SMILES string of the molecule is C#CC(O)(CC=C(C)C)C(C)CCCC1(C)OCC(=CCO)CC[C@H]1O. The summed E-state index contributed by atoms with van der Waals surface area (Å²) in [6.07, 6.45) is 12.9. The van der Waals surface area contributed by atoms with Crippen LogP contribution < -0.4 is 0 Å². The number of ether oxygens (including phenoxy) is 1. The predicted molar refractivity (Wildman–Crippen MR) is 106 cm³/mol. The van der Waals surface area contributed by atoms with Crippen LogP contribution in [0.1, 0.15) is 66.2 Å². The van der Waals surface area contributed by atoms with Gasteiger partial charge in [0, 0.05) is 6.42 Å². The van der Waals surface area contributed by atoms with Crippen molar-refractivity contribution in [3.63, 3.8) is 0 Å². The standard InChI is InChI=1S/C22H36O4/c1-6-22(25,14-11-17(2)3)18(4)8-7-13-21(5)20(24)10-9-19(12-15-23)16-26-21/h1,11-12,18,20,23-25H,7-10,13-16H2,2-5H3/t18?,20-,21?,22?/m1/s1. The molecule has 1 aliphatic heterocycles. The Labute approximate surface area is 159 Å². The van der Waals surface area contributed by atoms with Gasteiger partial charge >= 0.3 is 0 Å². The van der Waals surface area contributed by atoms with E-state index in [2.05, 4.69) is 5.92 Å². The minimum absolute atomic E-state index is 0.000625. The predicted octanol–water partition coefficient (Wildman–Crippen LogP) is 3.36. The molecule has 0 amide bonds. The number of terminal acetylenes is 1. The second kappa shape index (κ2) is 10.3. The number of hydrogen-bond acceptors (Lipinski definition) is 4. The van der Waals surface area contributed by atoms with Crippen LogP contribution in [0.2, 0.25) is 0 Å². The molecule has 0 aromatic rings. The van der Waals surface area contributed by atoms with Gasteiger partial charge in [0.1, 0.15) is 5.60 Å². The van der Waals surface area contributed by atoms with Crippen LogP contribution in [-0.4, -0.2) is 45.8 Å². The van der Waals surface area contributed by atoms with Gasteiger partial charge in [-0.1, -0.05) is 37.0 Å². The summed E-state index contributed by atoms with van der Waals surface area (Å²) in [6.45, 7) is 8.35. The average Bonchev–Trinajstić information content (AvgIpc) is 2.74. The van der Waals surface area contributed by atoms with E-state index in [1.54, 1.807) is 6.08 Å². The second-order valence-electron chi connectivity index (χ2n) is 8.05. The summed E-state index contributed by atoms with van der Waals surface area (Å²) in [6, 6.07) is 0. The van der Waals surface area contributed by atoms with Crippen molar-refractivity contribution in [3.8, 4) is 12.3 Å². The summed E-state index contributed by atoms with van der Waals surface area (Å²) in [7, 11) is 0. The lowest BCUT2D eigenvalue weighted by atomic mass is 9.81. The highest BCUT2D eigenvalue weighted by atomic mass is 16.5. The van der Waals surface area contributed by atoms with Crippen LogP contribution in [0.3, 0.4) is 0 Å². The summed E-state index contributed by atoms with van der Waals surface area (Å²) < 4.78 is 6.00. The molecule has 0 aromatic heterocycles. The Morgan fingerprint density at radius 1 is 1.50 bits per heavy atom. The van der Waals surface area contributed by atoms with E-state index in [-0.39, 0.29) is 12.5 Å². The first kappa shape index (κ1) is 22.9. The molecule has 0 bridgehead atoms. The van der Waals surface area contributed by atoms with Crippen molar-refractivity contribution in [1.29, 1.82) is 0 Å². The van der Waals surface area contributed by atoms with E-state index in [1.165, 1.54) is 0 Å². The number of rotatable bonds is 8. The highest BCUT2D eigenvalue weighted by Crippen LogP contribution is 2.33. The molecule has 0 radical (unpaired) electrons. The molecule has 4 heteroatoms. The summed E-state index contributed by atoms with van der Waals surface area (Å²) in [5.74, 6) is 2.53. The third-order valence-corrected chi connectivity index (χ3v) is 5.61. The van der Waals surface area contributed by atoms with Gasteiger partial charge in [-0.3, -0.25) is 0 Å². The van der Waals surface area contributed by atoms with E-state index >= 15 is 0 Å². The van der Waals surface area contributed by atoms with Crippen LogP contribution in [0.25, 0.3) is 0 Å². The van der Waals surface area contributed by atoms with Crippen LogP contribution in [0.5, 0.6) is 0 Å². The molecular formula is C22H36O4. The number of aliphatic hydroxyl groups excluding tert-OH is 2. The first-order chi connectivity index (χ1) is 12.2. The van der Waals surface area contributed by atoms with Crippen molar-refractivity contribution >= 4 is 0 Å². The van der Waals surface area contributed by atoms with Gasteiger partial charge in [0.25, 0.3) is 0 Å². The van der Waals surface area contributed by atoms with Crippen molar-refractivity contribution in [2.24, 2.45) is 5.92 Å². The molecule has 3 unspecified atom stereocenters. The minimum Gasteiger partial charge on any atom is -0.392 e. The maximum absolute atomic E-state index is 10.7. The Bertz CT molecular complexity index is 541. The first-order valence-electron chi connectivity index (χ1n) is 9.61. The molecule has 4 nitrogen and oxygen atoms in total. The number of allylic oxidation sites excluding steroid dienone is 1. The summed E-state index contributed by atoms with van der Waals surface area (Å²) in [5.41, 5.74) is 0.420. The van der Waals surface area contributed by atoms with Gasteiger partial charge < -0.3 is 20.1 Å². The highest BCUT2D eigenvalue weighted by molar-refractivity contribution is 5.14. The monoisotopic (exact) mass is 364 g/mol. The first-order valence-corrected chi connectivity index (χ1v) is 9.61. The van der Waals surface area contributed by atoms with E-state index in [0.717, 1.165) is 30.4 Å². The van der Waals surface area contributed by atoms with E-state index in [9.17, 15) is 10.2 Å². The van der Waals surface area contributed by atoms with Crippen LogP contribution in [0.15, 0.2) is 23.3 Å². The zero-order valence-corrected chi connectivity index (χ0v) is 16.8. The minimum atomic E-state index is -1.14.